The fraction of sp³-hybridized carbons (Fsp3) is 0.214. The van der Waals surface area contributed by atoms with Crippen LogP contribution in [0.4, 0.5) is 5.69 Å². The monoisotopic (exact) mass is 508 g/mol. The van der Waals surface area contributed by atoms with Gasteiger partial charge in [0, 0.05) is 19.6 Å². The molecule has 4 nitrogen and oxygen atoms in total. The summed E-state index contributed by atoms with van der Waals surface area (Å²) in [6.07, 6.45) is 6.23. The number of nitrogens with one attached hydrogen (secondary N) is 1. The number of hydrogen-bond donors (Lipinski definition) is 1. The maximum absolute atomic E-state index is 12.7. The third-order valence-electron chi connectivity index (χ3n) is 3.50. The van der Waals surface area contributed by atoms with Crippen molar-refractivity contribution in [3.8, 4) is 0 Å². The van der Waals surface area contributed by atoms with Crippen LogP contribution in [0.15, 0.2) is 42.8 Å². The largest absolute Gasteiger partial charge is 0.278 e. The Bertz CT molecular complexity index is 830. The van der Waals surface area contributed by atoms with E-state index in [9.17, 15) is 8.42 Å². The molecule has 0 unspecified atom stereocenters. The second-order valence-electron chi connectivity index (χ2n) is 4.98. The van der Waals surface area contributed by atoms with Gasteiger partial charge in [-0.05, 0) is 74.4 Å². The van der Waals surface area contributed by atoms with Crippen LogP contribution in [0.3, 0.4) is 0 Å². The van der Waals surface area contributed by atoms with Crippen LogP contribution in [0, 0.1) is 0 Å². The number of rotatable bonds is 3. The molecule has 8 heteroatoms. The Morgan fingerprint density at radius 2 is 1.73 bits per heavy atom. The Morgan fingerprint density at radius 1 is 1.05 bits per heavy atom. The highest BCUT2D eigenvalue weighted by Crippen LogP contribution is 2.35. The van der Waals surface area contributed by atoms with Crippen molar-refractivity contribution in [1.29, 1.82) is 0 Å². The molecule has 3 rings (SSSR count). The summed E-state index contributed by atoms with van der Waals surface area (Å²) in [5.74, 6) is 0. The second-order valence-corrected chi connectivity index (χ2v) is 9.23. The standard InChI is InChI=1S/C14H11Br3N2O2S/c15-9-4-11(16)14(12(17)5-9)22(20,21)19-13-7-18-6-8-2-1-3-10(8)13/h4-7,19H,1-3H2. The molecule has 0 radical (unpaired) electrons. The molecule has 1 aliphatic rings. The summed E-state index contributed by atoms with van der Waals surface area (Å²) in [4.78, 5) is 4.31. The number of benzene rings is 1. The number of anilines is 1. The number of aryl methyl sites for hydroxylation is 1. The zero-order valence-electron chi connectivity index (χ0n) is 11.2. The van der Waals surface area contributed by atoms with Gasteiger partial charge in [-0.1, -0.05) is 15.9 Å². The quantitative estimate of drug-likeness (QED) is 0.653. The van der Waals surface area contributed by atoms with Gasteiger partial charge in [-0.2, -0.15) is 0 Å². The average molecular weight is 511 g/mol. The summed E-state index contributed by atoms with van der Waals surface area (Å²) in [5, 5.41) is 0. The third kappa shape index (κ3) is 3.11. The van der Waals surface area contributed by atoms with Crippen LogP contribution in [-0.2, 0) is 22.9 Å². The van der Waals surface area contributed by atoms with Crippen molar-refractivity contribution >= 4 is 63.5 Å². The molecule has 1 aromatic carbocycles. The zero-order valence-corrected chi connectivity index (χ0v) is 16.8. The van der Waals surface area contributed by atoms with Crippen LogP contribution in [0.2, 0.25) is 0 Å². The Balaban J connectivity index is 2.04. The highest BCUT2D eigenvalue weighted by atomic mass is 79.9. The Morgan fingerprint density at radius 3 is 2.41 bits per heavy atom. The molecular weight excluding hydrogens is 500 g/mol. The Hall–Kier alpha value is -0.440. The van der Waals surface area contributed by atoms with Crippen molar-refractivity contribution in [2.45, 2.75) is 24.2 Å². The Labute approximate surface area is 154 Å². The van der Waals surface area contributed by atoms with E-state index >= 15 is 0 Å². The van der Waals surface area contributed by atoms with Crippen molar-refractivity contribution in [2.24, 2.45) is 0 Å². The molecule has 0 bridgehead atoms. The molecule has 1 heterocycles. The van der Waals surface area contributed by atoms with Crippen LogP contribution >= 0.6 is 47.8 Å². The predicted octanol–water partition coefficient (Wildman–Crippen LogP) is 4.66. The molecule has 22 heavy (non-hydrogen) atoms. The summed E-state index contributed by atoms with van der Waals surface area (Å²) < 4.78 is 29.9. The zero-order chi connectivity index (χ0) is 15.9. The van der Waals surface area contributed by atoms with Gasteiger partial charge in [-0.3, -0.25) is 9.71 Å². The number of aromatic nitrogens is 1. The van der Waals surface area contributed by atoms with Gasteiger partial charge in [0.15, 0.2) is 0 Å². The number of hydrogen-bond acceptors (Lipinski definition) is 3. The van der Waals surface area contributed by atoms with Gasteiger partial charge >= 0.3 is 0 Å². The molecule has 0 atom stereocenters. The fourth-order valence-corrected chi connectivity index (χ4v) is 7.30. The van der Waals surface area contributed by atoms with Crippen LogP contribution in [0.25, 0.3) is 0 Å². The lowest BCUT2D eigenvalue weighted by molar-refractivity contribution is 0.600. The minimum absolute atomic E-state index is 0.172. The van der Waals surface area contributed by atoms with Crippen LogP contribution in [0.1, 0.15) is 17.5 Å². The van der Waals surface area contributed by atoms with E-state index in [-0.39, 0.29) is 4.90 Å². The van der Waals surface area contributed by atoms with E-state index in [2.05, 4.69) is 57.5 Å². The van der Waals surface area contributed by atoms with Crippen molar-refractivity contribution in [3.63, 3.8) is 0 Å². The molecule has 1 N–H and O–H groups in total. The summed E-state index contributed by atoms with van der Waals surface area (Å²) >= 11 is 9.97. The first-order chi connectivity index (χ1) is 10.4. The van der Waals surface area contributed by atoms with Crippen LogP contribution in [0.5, 0.6) is 0 Å². The topological polar surface area (TPSA) is 59.1 Å². The number of sulfonamides is 1. The molecular formula is C14H11Br3N2O2S. The lowest BCUT2D eigenvalue weighted by Crippen LogP contribution is -2.15. The molecule has 0 saturated heterocycles. The molecule has 116 valence electrons. The number of halogens is 3. The highest BCUT2D eigenvalue weighted by molar-refractivity contribution is 9.11. The normalized spacial score (nSPS) is 14.0. The minimum Gasteiger partial charge on any atom is -0.278 e. The molecule has 1 aliphatic carbocycles. The SMILES string of the molecule is O=S(=O)(Nc1cncc2c1CCC2)c1c(Br)cc(Br)cc1Br. The van der Waals surface area contributed by atoms with Gasteiger partial charge < -0.3 is 0 Å². The lowest BCUT2D eigenvalue weighted by Gasteiger charge is -2.14. The molecule has 0 amide bonds. The smallest absolute Gasteiger partial charge is 0.264 e. The maximum atomic E-state index is 12.7. The number of pyridine rings is 1. The first-order valence-corrected chi connectivity index (χ1v) is 10.4. The second kappa shape index (κ2) is 6.22. The average Bonchev–Trinajstić information content (AvgIpc) is 2.85. The number of fused-ring (bicyclic) bond motifs is 1. The van der Waals surface area contributed by atoms with E-state index in [1.54, 1.807) is 18.3 Å². The van der Waals surface area contributed by atoms with Crippen molar-refractivity contribution < 1.29 is 8.42 Å². The molecule has 0 fully saturated rings. The van der Waals surface area contributed by atoms with Gasteiger partial charge in [0.05, 0.1) is 11.9 Å². The van der Waals surface area contributed by atoms with Gasteiger partial charge in [0.25, 0.3) is 10.0 Å². The van der Waals surface area contributed by atoms with Crippen LogP contribution < -0.4 is 4.72 Å². The van der Waals surface area contributed by atoms with E-state index in [1.807, 2.05) is 6.20 Å². The summed E-state index contributed by atoms with van der Waals surface area (Å²) in [5.41, 5.74) is 2.73. The molecule has 0 spiro atoms. The molecule has 2 aromatic rings. The summed E-state index contributed by atoms with van der Waals surface area (Å²) in [7, 11) is -3.72. The van der Waals surface area contributed by atoms with E-state index in [0.717, 1.165) is 34.9 Å². The lowest BCUT2D eigenvalue weighted by atomic mass is 10.1. The van der Waals surface area contributed by atoms with Gasteiger partial charge in [-0.25, -0.2) is 8.42 Å². The van der Waals surface area contributed by atoms with E-state index in [4.69, 9.17) is 0 Å². The first kappa shape index (κ1) is 16.4. The summed E-state index contributed by atoms with van der Waals surface area (Å²) in [6.45, 7) is 0. The summed E-state index contributed by atoms with van der Waals surface area (Å²) in [6, 6.07) is 3.40. The van der Waals surface area contributed by atoms with Gasteiger partial charge in [0.2, 0.25) is 0 Å². The van der Waals surface area contributed by atoms with E-state index < -0.39 is 10.0 Å². The number of nitrogens with zero attached hydrogens (tertiary/aromatic N) is 1. The molecule has 0 aliphatic heterocycles. The first-order valence-electron chi connectivity index (χ1n) is 6.51. The van der Waals surface area contributed by atoms with Crippen molar-refractivity contribution in [1.82, 2.24) is 4.98 Å². The molecule has 0 saturated carbocycles. The maximum Gasteiger partial charge on any atom is 0.264 e. The predicted molar refractivity (Wildman–Crippen MR) is 96.6 cm³/mol. The highest BCUT2D eigenvalue weighted by Gasteiger charge is 2.24. The third-order valence-corrected chi connectivity index (χ3v) is 7.20. The van der Waals surface area contributed by atoms with Crippen molar-refractivity contribution in [3.05, 3.63) is 49.1 Å². The molecule has 1 aromatic heterocycles. The van der Waals surface area contributed by atoms with Crippen LogP contribution in [-0.4, -0.2) is 13.4 Å². The Kier molecular flexibility index (Phi) is 4.64. The van der Waals surface area contributed by atoms with Crippen molar-refractivity contribution in [2.75, 3.05) is 4.72 Å². The fourth-order valence-electron chi connectivity index (χ4n) is 2.57. The van der Waals surface area contributed by atoms with Gasteiger partial charge in [-0.15, -0.1) is 0 Å². The van der Waals surface area contributed by atoms with E-state index in [1.165, 1.54) is 0 Å². The van der Waals surface area contributed by atoms with Gasteiger partial charge in [0.1, 0.15) is 4.90 Å². The minimum atomic E-state index is -3.72. The van der Waals surface area contributed by atoms with E-state index in [0.29, 0.717) is 14.6 Å².